The summed E-state index contributed by atoms with van der Waals surface area (Å²) < 4.78 is 43.6. The highest BCUT2D eigenvalue weighted by Crippen LogP contribution is 2.76. The number of hydrogen-bond donors (Lipinski definition) is 14. The van der Waals surface area contributed by atoms with Gasteiger partial charge < -0.3 is 105 Å². The van der Waals surface area contributed by atoms with Gasteiger partial charge in [0, 0.05) is 12.5 Å². The molecule has 0 aromatic heterocycles. The molecule has 0 radical (unpaired) electrons. The Morgan fingerprint density at radius 2 is 1.17 bits per heavy atom. The third-order valence-electron chi connectivity index (χ3n) is 21.1. The summed E-state index contributed by atoms with van der Waals surface area (Å²) in [5, 5.41) is 152. The predicted molar refractivity (Wildman–Crippen MR) is 263 cm³/mol. The Labute approximate surface area is 440 Å². The summed E-state index contributed by atoms with van der Waals surface area (Å²) in [5.41, 5.74) is -1.38. The molecule has 5 aliphatic carbocycles. The Morgan fingerprint density at radius 1 is 0.587 bits per heavy atom. The van der Waals surface area contributed by atoms with Gasteiger partial charge in [-0.15, -0.1) is 0 Å². The van der Waals surface area contributed by atoms with Gasteiger partial charge in [0.15, 0.2) is 18.9 Å². The quantitative estimate of drug-likeness (QED) is 0.0658. The first-order valence-corrected chi connectivity index (χ1v) is 27.6. The molecular weight excluding hydrogens is 985 g/mol. The molecule has 29 atom stereocenters. The van der Waals surface area contributed by atoms with Crippen molar-refractivity contribution in [3.8, 4) is 0 Å². The lowest BCUT2D eigenvalue weighted by Crippen LogP contribution is -2.68. The molecule has 0 amide bonds. The van der Waals surface area contributed by atoms with Crippen molar-refractivity contribution < 1.29 is 105 Å². The summed E-state index contributed by atoms with van der Waals surface area (Å²) in [4.78, 5) is 0. The predicted octanol–water partition coefficient (Wildman–Crippen LogP) is -0.900. The van der Waals surface area contributed by atoms with Gasteiger partial charge in [0.1, 0.15) is 79.4 Å². The molecule has 0 aromatic carbocycles. The Morgan fingerprint density at radius 3 is 1.81 bits per heavy atom. The van der Waals surface area contributed by atoms with Gasteiger partial charge >= 0.3 is 0 Å². The zero-order chi connectivity index (χ0) is 55.1. The Kier molecular flexibility index (Phi) is 18.1. The Balaban J connectivity index is 1.01. The molecule has 75 heavy (non-hydrogen) atoms. The number of ether oxygens (including phenoxy) is 7. The van der Waals surface area contributed by atoms with Gasteiger partial charge in [-0.05, 0) is 130 Å². The number of hydrogen-bond acceptors (Lipinski definition) is 21. The highest BCUT2D eigenvalue weighted by atomic mass is 16.7. The van der Waals surface area contributed by atoms with Crippen molar-refractivity contribution >= 4 is 0 Å². The fraction of sp³-hybridized carbons (Fsp3) is 0.963. The fourth-order valence-corrected chi connectivity index (χ4v) is 16.5. The molecule has 3 aliphatic heterocycles. The van der Waals surface area contributed by atoms with Crippen LogP contribution in [-0.2, 0) is 33.2 Å². The maximum absolute atomic E-state index is 12.8. The van der Waals surface area contributed by atoms with Crippen LogP contribution >= 0.6 is 0 Å². The topological polar surface area (TPSA) is 348 Å². The molecule has 8 fully saturated rings. The second-order valence-electron chi connectivity index (χ2n) is 25.7. The molecule has 0 aromatic rings. The average Bonchev–Trinajstić information content (AvgIpc) is 3.89. The number of aliphatic hydroxyl groups excluding tert-OH is 14. The van der Waals surface area contributed by atoms with Crippen LogP contribution in [0.2, 0.25) is 0 Å². The molecule has 8 aliphatic rings. The van der Waals surface area contributed by atoms with Crippen molar-refractivity contribution in [3.05, 3.63) is 11.6 Å². The first-order chi connectivity index (χ1) is 35.1. The van der Waals surface area contributed by atoms with E-state index in [1.165, 1.54) is 0 Å². The van der Waals surface area contributed by atoms with E-state index in [0.29, 0.717) is 38.5 Å². The zero-order valence-electron chi connectivity index (χ0n) is 45.0. The van der Waals surface area contributed by atoms with Gasteiger partial charge in [-0.2, -0.15) is 0 Å². The van der Waals surface area contributed by atoms with Crippen LogP contribution in [0.15, 0.2) is 11.6 Å². The summed E-state index contributed by atoms with van der Waals surface area (Å²) >= 11 is 0. The Bertz CT molecular complexity index is 1940. The van der Waals surface area contributed by atoms with Crippen molar-refractivity contribution in [1.82, 2.24) is 0 Å². The highest BCUT2D eigenvalue weighted by Gasteiger charge is 2.72. The van der Waals surface area contributed by atoms with E-state index in [9.17, 15) is 71.5 Å². The van der Waals surface area contributed by atoms with E-state index in [-0.39, 0.29) is 46.3 Å². The zero-order valence-corrected chi connectivity index (χ0v) is 45.0. The van der Waals surface area contributed by atoms with E-state index in [1.54, 1.807) is 0 Å². The molecule has 5 saturated carbocycles. The van der Waals surface area contributed by atoms with Crippen LogP contribution in [0.1, 0.15) is 120 Å². The van der Waals surface area contributed by atoms with Crippen LogP contribution in [-0.4, -0.2) is 226 Å². The van der Waals surface area contributed by atoms with Gasteiger partial charge in [0.25, 0.3) is 0 Å². The van der Waals surface area contributed by atoms with Crippen LogP contribution in [0.25, 0.3) is 0 Å². The number of rotatable bonds is 16. The molecule has 21 heteroatoms. The number of allylic oxidation sites excluding steroid dienone is 2. The SMILES string of the molecule is CC(C)=CCC[C@](C)(O[C@@H]1O[C@H](CO[C@@H]2O[C@@H](CO)[C@H](O)[C@H]2O)[C@@H](O)[C@H](O)[C@H]1O)[C@H]1CC[C@]2(C)[C@@H]1[C@H](O)C[C@@H]1[C@@]3(C)CC[C@H](O[C@@H]4O[C@H](CO)[C@@H](O)[C@H](O)[C@H]4O[C@@H]4C[C@H](CO)[C@@H](O)[C@H](O)[C@H]4O)C(C)(C)[C@@H]3CC[C@]12C. The van der Waals surface area contributed by atoms with E-state index in [4.69, 9.17) is 33.2 Å². The van der Waals surface area contributed by atoms with Crippen molar-refractivity contribution in [2.24, 2.45) is 51.2 Å². The third-order valence-corrected chi connectivity index (χ3v) is 21.1. The van der Waals surface area contributed by atoms with Crippen LogP contribution < -0.4 is 0 Å². The molecule has 21 nitrogen and oxygen atoms in total. The number of aliphatic hydroxyl groups is 14. The maximum Gasteiger partial charge on any atom is 0.187 e. The lowest BCUT2D eigenvalue weighted by Gasteiger charge is -2.71. The molecule has 3 heterocycles. The lowest BCUT2D eigenvalue weighted by atomic mass is 9.35. The van der Waals surface area contributed by atoms with E-state index < -0.39 is 166 Å². The van der Waals surface area contributed by atoms with E-state index in [0.717, 1.165) is 24.8 Å². The van der Waals surface area contributed by atoms with Gasteiger partial charge in [0.05, 0.1) is 49.8 Å². The normalized spacial score (nSPS) is 52.6. The van der Waals surface area contributed by atoms with Crippen LogP contribution in [0.5, 0.6) is 0 Å². The maximum atomic E-state index is 12.8. The second kappa shape index (κ2) is 22.7. The first kappa shape index (κ1) is 60.0. The minimum atomic E-state index is -1.71. The van der Waals surface area contributed by atoms with Crippen molar-refractivity contribution in [1.29, 1.82) is 0 Å². The highest BCUT2D eigenvalue weighted by molar-refractivity contribution is 5.21. The Hall–Kier alpha value is -1.10. The molecule has 3 saturated heterocycles. The molecule has 8 rings (SSSR count). The summed E-state index contributed by atoms with van der Waals surface area (Å²) in [7, 11) is 0. The smallest absolute Gasteiger partial charge is 0.187 e. The lowest BCUT2D eigenvalue weighted by molar-refractivity contribution is -0.350. The van der Waals surface area contributed by atoms with Crippen molar-refractivity contribution in [2.45, 2.75) is 248 Å². The van der Waals surface area contributed by atoms with Gasteiger partial charge in [-0.1, -0.05) is 46.3 Å². The molecule has 434 valence electrons. The van der Waals surface area contributed by atoms with Crippen molar-refractivity contribution in [2.75, 3.05) is 26.4 Å². The largest absolute Gasteiger partial charge is 0.396 e. The van der Waals surface area contributed by atoms with E-state index in [1.807, 2.05) is 20.8 Å². The fourth-order valence-electron chi connectivity index (χ4n) is 16.5. The van der Waals surface area contributed by atoms with Gasteiger partial charge in [-0.25, -0.2) is 0 Å². The summed E-state index contributed by atoms with van der Waals surface area (Å²) in [5.74, 6) is -1.17. The summed E-state index contributed by atoms with van der Waals surface area (Å²) in [6.45, 7) is 15.2. The monoisotopic (exact) mass is 1080 g/mol. The third kappa shape index (κ3) is 10.5. The van der Waals surface area contributed by atoms with Gasteiger partial charge in [-0.3, -0.25) is 0 Å². The first-order valence-electron chi connectivity index (χ1n) is 27.6. The van der Waals surface area contributed by atoms with Crippen LogP contribution in [0, 0.1) is 51.2 Å². The second-order valence-corrected chi connectivity index (χ2v) is 25.7. The summed E-state index contributed by atoms with van der Waals surface area (Å²) in [6, 6.07) is 0. The van der Waals surface area contributed by atoms with E-state index >= 15 is 0 Å². The number of fused-ring (bicyclic) bond motifs is 5. The molecule has 0 unspecified atom stereocenters. The molecular formula is C54H92O21. The summed E-state index contributed by atoms with van der Waals surface area (Å²) in [6.07, 6.45) is -19.2. The minimum absolute atomic E-state index is 0.0652. The van der Waals surface area contributed by atoms with Crippen LogP contribution in [0.4, 0.5) is 0 Å². The average molecular weight is 1080 g/mol. The molecule has 0 spiro atoms. The molecule has 14 N–H and O–H groups in total. The van der Waals surface area contributed by atoms with Gasteiger partial charge in [0.2, 0.25) is 0 Å². The van der Waals surface area contributed by atoms with E-state index in [2.05, 4.69) is 40.7 Å². The minimum Gasteiger partial charge on any atom is -0.396 e. The molecule has 0 bridgehead atoms. The standard InChI is InChI=1S/C54H92O21/c1-24(2)10-9-14-54(8,75-48-45(68)42(65)40(63)31(73-48)23-69-47-44(67)39(62)30(22-57)71-47)26-11-16-53(7)35(26)27(58)19-33-51(5)15-13-34(50(3,4)32(51)12-17-52(33,53)6)74-49-46(43(66)38(61)29(21-56)72-49)70-28-18-25(20-55)36(59)41(64)37(28)60/h10,25-49,55-68H,9,11-23H2,1-8H3/t25-,26+,27-,28-,29-,30+,31-,32+,33-,34+,35+,36-,37+,38-,39+,40-,41+,42+,43+,44-,45-,46-,47-,48+,49+,51+,52-,53-,54+/m1/s1. The van der Waals surface area contributed by atoms with Crippen molar-refractivity contribution in [3.63, 3.8) is 0 Å². The van der Waals surface area contributed by atoms with Crippen LogP contribution in [0.3, 0.4) is 0 Å².